The Kier molecular flexibility index (Phi) is 3.98. The van der Waals surface area contributed by atoms with Gasteiger partial charge in [-0.2, -0.15) is 0 Å². The molecule has 0 aromatic rings. The molecule has 1 aliphatic rings. The van der Waals surface area contributed by atoms with Crippen molar-refractivity contribution in [2.24, 2.45) is 0 Å². The average molecular weight is 172 g/mol. The summed E-state index contributed by atoms with van der Waals surface area (Å²) < 4.78 is 0. The molecule has 0 amide bonds. The van der Waals surface area contributed by atoms with Gasteiger partial charge in [0.1, 0.15) is 0 Å². The number of likely N-dealkylation sites (N-methyl/N-ethyl adjacent to an activating group) is 1. The summed E-state index contributed by atoms with van der Waals surface area (Å²) in [6, 6.07) is 0.685. The zero-order chi connectivity index (χ0) is 8.97. The Bertz CT molecular complexity index is 126. The molecule has 3 nitrogen and oxygen atoms in total. The standard InChI is InChI=1S/C9H20N2O/c1-10(2)9-4-3-5-11(8-9)6-7-12/h9,12H,3-8H2,1-2H3. The van der Waals surface area contributed by atoms with Crippen LogP contribution in [0, 0.1) is 0 Å². The highest BCUT2D eigenvalue weighted by Gasteiger charge is 2.20. The molecule has 1 N–H and O–H groups in total. The van der Waals surface area contributed by atoms with Crippen LogP contribution < -0.4 is 0 Å². The molecule has 1 rings (SSSR count). The first-order chi connectivity index (χ1) is 5.74. The van der Waals surface area contributed by atoms with E-state index in [-0.39, 0.29) is 0 Å². The van der Waals surface area contributed by atoms with E-state index in [1.165, 1.54) is 12.8 Å². The van der Waals surface area contributed by atoms with Gasteiger partial charge >= 0.3 is 0 Å². The number of aliphatic hydroxyl groups excluding tert-OH is 1. The van der Waals surface area contributed by atoms with Crippen molar-refractivity contribution in [1.29, 1.82) is 0 Å². The second-order valence-corrected chi connectivity index (χ2v) is 3.78. The summed E-state index contributed by atoms with van der Waals surface area (Å²) in [4.78, 5) is 4.62. The molecule has 0 bridgehead atoms. The predicted octanol–water partition coefficient (Wildman–Crippen LogP) is 0.00470. The van der Waals surface area contributed by atoms with Gasteiger partial charge in [0.25, 0.3) is 0 Å². The second kappa shape index (κ2) is 4.80. The summed E-state index contributed by atoms with van der Waals surface area (Å²) in [6.45, 7) is 3.41. The number of likely N-dealkylation sites (tertiary alicyclic amines) is 1. The normalized spacial score (nSPS) is 26.5. The van der Waals surface area contributed by atoms with Crippen molar-refractivity contribution in [2.45, 2.75) is 18.9 Å². The number of hydrogen-bond acceptors (Lipinski definition) is 3. The molecule has 0 aromatic carbocycles. The van der Waals surface area contributed by atoms with Gasteiger partial charge in [0, 0.05) is 19.1 Å². The van der Waals surface area contributed by atoms with Crippen LogP contribution in [0.4, 0.5) is 0 Å². The van der Waals surface area contributed by atoms with Crippen LogP contribution in [0.2, 0.25) is 0 Å². The Hall–Kier alpha value is -0.120. The molecule has 1 fully saturated rings. The summed E-state index contributed by atoms with van der Waals surface area (Å²) in [7, 11) is 4.26. The molecule has 1 aliphatic heterocycles. The number of piperidine rings is 1. The van der Waals surface area contributed by atoms with Crippen LogP contribution >= 0.6 is 0 Å². The molecule has 1 heterocycles. The molecule has 0 aromatic heterocycles. The number of aliphatic hydroxyl groups is 1. The Morgan fingerprint density at radius 2 is 2.25 bits per heavy atom. The predicted molar refractivity (Wildman–Crippen MR) is 50.2 cm³/mol. The van der Waals surface area contributed by atoms with Gasteiger partial charge in [-0.25, -0.2) is 0 Å². The zero-order valence-electron chi connectivity index (χ0n) is 8.16. The maximum absolute atomic E-state index is 8.79. The summed E-state index contributed by atoms with van der Waals surface area (Å²) in [5, 5.41) is 8.79. The first kappa shape index (κ1) is 9.96. The lowest BCUT2D eigenvalue weighted by Crippen LogP contribution is -2.45. The Morgan fingerprint density at radius 3 is 2.83 bits per heavy atom. The second-order valence-electron chi connectivity index (χ2n) is 3.78. The van der Waals surface area contributed by atoms with Crippen molar-refractivity contribution in [3.63, 3.8) is 0 Å². The molecule has 1 atom stereocenters. The van der Waals surface area contributed by atoms with E-state index in [0.29, 0.717) is 12.6 Å². The van der Waals surface area contributed by atoms with E-state index < -0.39 is 0 Å². The van der Waals surface area contributed by atoms with Crippen LogP contribution in [-0.4, -0.2) is 61.3 Å². The van der Waals surface area contributed by atoms with Crippen LogP contribution in [0.3, 0.4) is 0 Å². The SMILES string of the molecule is CN(C)C1CCCN(CCO)C1. The molecule has 1 saturated heterocycles. The minimum Gasteiger partial charge on any atom is -0.395 e. The van der Waals surface area contributed by atoms with Crippen LogP contribution in [0.5, 0.6) is 0 Å². The smallest absolute Gasteiger partial charge is 0.0558 e. The largest absolute Gasteiger partial charge is 0.395 e. The van der Waals surface area contributed by atoms with Gasteiger partial charge < -0.3 is 10.0 Å². The van der Waals surface area contributed by atoms with Crippen molar-refractivity contribution < 1.29 is 5.11 Å². The van der Waals surface area contributed by atoms with E-state index in [9.17, 15) is 0 Å². The number of hydrogen-bond donors (Lipinski definition) is 1. The van der Waals surface area contributed by atoms with Crippen LogP contribution in [0.25, 0.3) is 0 Å². The lowest BCUT2D eigenvalue weighted by atomic mass is 10.1. The van der Waals surface area contributed by atoms with E-state index in [2.05, 4.69) is 23.9 Å². The van der Waals surface area contributed by atoms with Crippen LogP contribution in [0.1, 0.15) is 12.8 Å². The molecule has 3 heteroatoms. The zero-order valence-corrected chi connectivity index (χ0v) is 8.16. The lowest BCUT2D eigenvalue weighted by molar-refractivity contribution is 0.113. The monoisotopic (exact) mass is 172 g/mol. The first-order valence-electron chi connectivity index (χ1n) is 4.73. The molecule has 12 heavy (non-hydrogen) atoms. The van der Waals surface area contributed by atoms with Crippen molar-refractivity contribution in [3.8, 4) is 0 Å². The van der Waals surface area contributed by atoms with E-state index >= 15 is 0 Å². The molecule has 0 radical (unpaired) electrons. The van der Waals surface area contributed by atoms with Gasteiger partial charge in [0.2, 0.25) is 0 Å². The Morgan fingerprint density at radius 1 is 1.50 bits per heavy atom. The minimum atomic E-state index is 0.292. The van der Waals surface area contributed by atoms with Gasteiger partial charge in [0.05, 0.1) is 6.61 Å². The van der Waals surface area contributed by atoms with Crippen molar-refractivity contribution in [1.82, 2.24) is 9.80 Å². The van der Waals surface area contributed by atoms with Crippen molar-refractivity contribution in [2.75, 3.05) is 40.3 Å². The number of β-amino-alcohol motifs (C(OH)–C–C–N with tert-alkyl or cyclic N) is 1. The van der Waals surface area contributed by atoms with E-state index in [1.807, 2.05) is 0 Å². The summed E-state index contributed by atoms with van der Waals surface area (Å²) >= 11 is 0. The molecule has 1 unspecified atom stereocenters. The maximum atomic E-state index is 8.79. The van der Waals surface area contributed by atoms with Crippen LogP contribution in [0.15, 0.2) is 0 Å². The third kappa shape index (κ3) is 2.73. The fraction of sp³-hybridized carbons (Fsp3) is 1.00. The highest BCUT2D eigenvalue weighted by molar-refractivity contribution is 4.77. The van der Waals surface area contributed by atoms with Gasteiger partial charge in [-0.1, -0.05) is 0 Å². The number of nitrogens with zero attached hydrogens (tertiary/aromatic N) is 2. The van der Waals surface area contributed by atoms with Crippen molar-refractivity contribution >= 4 is 0 Å². The quantitative estimate of drug-likeness (QED) is 0.649. The molecular formula is C9H20N2O. The topological polar surface area (TPSA) is 26.7 Å². The third-order valence-electron chi connectivity index (χ3n) is 2.63. The highest BCUT2D eigenvalue weighted by atomic mass is 16.3. The molecule has 0 saturated carbocycles. The highest BCUT2D eigenvalue weighted by Crippen LogP contribution is 2.12. The van der Waals surface area contributed by atoms with E-state index in [0.717, 1.165) is 19.6 Å². The summed E-state index contributed by atoms with van der Waals surface area (Å²) in [5.41, 5.74) is 0. The Balaban J connectivity index is 2.30. The average Bonchev–Trinajstić information content (AvgIpc) is 2.05. The Labute approximate surface area is 75.0 Å². The molecule has 0 spiro atoms. The van der Waals surface area contributed by atoms with Gasteiger partial charge in [0.15, 0.2) is 0 Å². The van der Waals surface area contributed by atoms with Gasteiger partial charge in [-0.15, -0.1) is 0 Å². The first-order valence-corrected chi connectivity index (χ1v) is 4.73. The summed E-state index contributed by atoms with van der Waals surface area (Å²) in [5.74, 6) is 0. The third-order valence-corrected chi connectivity index (χ3v) is 2.63. The fourth-order valence-electron chi connectivity index (χ4n) is 1.80. The van der Waals surface area contributed by atoms with Crippen molar-refractivity contribution in [3.05, 3.63) is 0 Å². The molecule has 72 valence electrons. The van der Waals surface area contributed by atoms with Crippen LogP contribution in [-0.2, 0) is 0 Å². The summed E-state index contributed by atoms with van der Waals surface area (Å²) in [6.07, 6.45) is 2.57. The van der Waals surface area contributed by atoms with Gasteiger partial charge in [-0.3, -0.25) is 4.90 Å². The van der Waals surface area contributed by atoms with Gasteiger partial charge in [-0.05, 0) is 33.5 Å². The molecule has 0 aliphatic carbocycles. The maximum Gasteiger partial charge on any atom is 0.0558 e. The number of rotatable bonds is 3. The lowest BCUT2D eigenvalue weighted by Gasteiger charge is -2.35. The fourth-order valence-corrected chi connectivity index (χ4v) is 1.80. The van der Waals surface area contributed by atoms with E-state index in [1.54, 1.807) is 0 Å². The minimum absolute atomic E-state index is 0.292. The van der Waals surface area contributed by atoms with E-state index in [4.69, 9.17) is 5.11 Å². The molecular weight excluding hydrogens is 152 g/mol.